The van der Waals surface area contributed by atoms with Crippen molar-refractivity contribution in [3.63, 3.8) is 0 Å². The minimum absolute atomic E-state index is 0.263. The predicted molar refractivity (Wildman–Crippen MR) is 29.2 cm³/mol. The first-order valence-corrected chi connectivity index (χ1v) is 3.28. The Hall–Kier alpha value is -0.860. The molecule has 0 amide bonds. The topological polar surface area (TPSA) is 59.7 Å². The Bertz CT molecular complexity index is 192. The van der Waals surface area contributed by atoms with Crippen molar-refractivity contribution in [2.75, 3.05) is 0 Å². The van der Waals surface area contributed by atoms with Gasteiger partial charge in [0, 0.05) is 10.6 Å². The molecule has 0 aliphatic carbocycles. The van der Waals surface area contributed by atoms with Crippen molar-refractivity contribution >= 4 is 8.25 Å². The molecule has 4 nitrogen and oxygen atoms in total. The normalized spacial score (nSPS) is 11.0. The molecule has 48 valence electrons. The van der Waals surface area contributed by atoms with Gasteiger partial charge in [0.2, 0.25) is 5.75 Å². The molecule has 1 unspecified atom stereocenters. The molecule has 0 bridgehead atoms. The highest BCUT2D eigenvalue weighted by molar-refractivity contribution is 7.32. The van der Waals surface area contributed by atoms with Gasteiger partial charge in [-0.05, 0) is 0 Å². The molecule has 9 heavy (non-hydrogen) atoms. The summed E-state index contributed by atoms with van der Waals surface area (Å²) in [6.07, 6.45) is 2.59. The molecule has 1 atom stereocenters. The van der Waals surface area contributed by atoms with Crippen LogP contribution in [0.15, 0.2) is 23.0 Å². The minimum Gasteiger partial charge on any atom is -0.468 e. The molecule has 1 heterocycles. The highest BCUT2D eigenvalue weighted by atomic mass is 31.1. The largest absolute Gasteiger partial charge is 0.747 e. The number of rotatable bonds is 2. The van der Waals surface area contributed by atoms with Crippen LogP contribution in [0.25, 0.3) is 0 Å². The zero-order valence-electron chi connectivity index (χ0n) is 4.35. The van der Waals surface area contributed by atoms with Gasteiger partial charge >= 0.3 is 8.25 Å². The maximum atomic E-state index is 9.95. The molecule has 0 aromatic carbocycles. The third-order valence-electron chi connectivity index (χ3n) is 0.679. The van der Waals surface area contributed by atoms with Crippen molar-refractivity contribution in [3.8, 4) is 5.75 Å². The summed E-state index contributed by atoms with van der Waals surface area (Å²) in [5, 5.41) is 0. The first-order valence-electron chi connectivity index (χ1n) is 2.15. The van der Waals surface area contributed by atoms with E-state index in [9.17, 15) is 4.57 Å². The van der Waals surface area contributed by atoms with Crippen LogP contribution < -0.4 is 4.52 Å². The Balaban J connectivity index is 2.58. The summed E-state index contributed by atoms with van der Waals surface area (Å²) < 4.78 is 18.8. The number of hydrogen-bond donors (Lipinski definition) is 1. The van der Waals surface area contributed by atoms with Crippen LogP contribution in [-0.4, -0.2) is 4.89 Å². The van der Waals surface area contributed by atoms with Crippen molar-refractivity contribution in [3.05, 3.63) is 18.6 Å². The molecule has 1 aromatic heterocycles. The standard InChI is InChI=1S/C4H3O4P/c5-9(6)8-4-1-2-7-3-4/h1-3H/p+1. The Morgan fingerprint density at radius 2 is 2.56 bits per heavy atom. The van der Waals surface area contributed by atoms with Crippen molar-refractivity contribution in [2.45, 2.75) is 0 Å². The first kappa shape index (κ1) is 6.26. The maximum absolute atomic E-state index is 9.95. The van der Waals surface area contributed by atoms with Crippen LogP contribution in [-0.2, 0) is 4.57 Å². The summed E-state index contributed by atoms with van der Waals surface area (Å²) in [7, 11) is -2.56. The average Bonchev–Trinajstić information content (AvgIpc) is 2.15. The van der Waals surface area contributed by atoms with Crippen molar-refractivity contribution in [2.24, 2.45) is 0 Å². The zero-order valence-corrected chi connectivity index (χ0v) is 5.25. The molecular weight excluding hydrogens is 143 g/mol. The maximum Gasteiger partial charge on any atom is 0.747 e. The van der Waals surface area contributed by atoms with Gasteiger partial charge in [0.1, 0.15) is 6.26 Å². The summed E-state index contributed by atoms with van der Waals surface area (Å²) in [4.78, 5) is 8.17. The van der Waals surface area contributed by atoms with Crippen LogP contribution in [0.2, 0.25) is 0 Å². The quantitative estimate of drug-likeness (QED) is 0.640. The average molecular weight is 147 g/mol. The van der Waals surface area contributed by atoms with Gasteiger partial charge < -0.3 is 4.42 Å². The van der Waals surface area contributed by atoms with Crippen molar-refractivity contribution < 1.29 is 18.4 Å². The molecular formula is C4H4O4P+. The van der Waals surface area contributed by atoms with Crippen LogP contribution in [0.4, 0.5) is 0 Å². The first-order chi connectivity index (χ1) is 4.29. The summed E-state index contributed by atoms with van der Waals surface area (Å²) in [5.41, 5.74) is 0. The summed E-state index contributed by atoms with van der Waals surface area (Å²) in [6, 6.07) is 1.45. The van der Waals surface area contributed by atoms with E-state index in [2.05, 4.69) is 8.94 Å². The highest BCUT2D eigenvalue weighted by Gasteiger charge is 2.13. The Morgan fingerprint density at radius 3 is 3.00 bits per heavy atom. The molecule has 5 heteroatoms. The fraction of sp³-hybridized carbons (Fsp3) is 0. The lowest BCUT2D eigenvalue weighted by Gasteiger charge is -1.75. The van der Waals surface area contributed by atoms with Crippen LogP contribution >= 0.6 is 8.25 Å². The van der Waals surface area contributed by atoms with Crippen LogP contribution in [0.3, 0.4) is 0 Å². The van der Waals surface area contributed by atoms with Gasteiger partial charge in [0.25, 0.3) is 0 Å². The van der Waals surface area contributed by atoms with Gasteiger partial charge in [-0.25, -0.2) is 4.52 Å². The third kappa shape index (κ3) is 1.83. The van der Waals surface area contributed by atoms with E-state index in [0.29, 0.717) is 0 Å². The Labute approximate surface area is 52.0 Å². The van der Waals surface area contributed by atoms with Crippen LogP contribution in [0.5, 0.6) is 5.75 Å². The fourth-order valence-corrected chi connectivity index (χ4v) is 0.678. The fourth-order valence-electron chi connectivity index (χ4n) is 0.394. The van der Waals surface area contributed by atoms with Gasteiger partial charge in [-0.2, -0.15) is 0 Å². The number of furan rings is 1. The SMILES string of the molecule is O=[P+](O)Oc1ccoc1. The van der Waals surface area contributed by atoms with E-state index >= 15 is 0 Å². The second-order valence-corrected chi connectivity index (χ2v) is 1.95. The van der Waals surface area contributed by atoms with Crippen LogP contribution in [0, 0.1) is 0 Å². The van der Waals surface area contributed by atoms with Crippen molar-refractivity contribution in [1.29, 1.82) is 0 Å². The second-order valence-electron chi connectivity index (χ2n) is 1.29. The lowest BCUT2D eigenvalue weighted by atomic mass is 10.6. The molecule has 0 aliphatic heterocycles. The molecule has 0 spiro atoms. The summed E-state index contributed by atoms with van der Waals surface area (Å²) >= 11 is 0. The molecule has 0 aliphatic rings. The Kier molecular flexibility index (Phi) is 1.82. The molecule has 1 aromatic rings. The van der Waals surface area contributed by atoms with E-state index < -0.39 is 8.25 Å². The van der Waals surface area contributed by atoms with Crippen molar-refractivity contribution in [1.82, 2.24) is 0 Å². The molecule has 0 saturated heterocycles. The highest BCUT2D eigenvalue weighted by Crippen LogP contribution is 2.22. The van der Waals surface area contributed by atoms with Gasteiger partial charge in [0.05, 0.1) is 6.26 Å². The lowest BCUT2D eigenvalue weighted by Crippen LogP contribution is -1.73. The van der Waals surface area contributed by atoms with E-state index in [-0.39, 0.29) is 5.75 Å². The zero-order chi connectivity index (χ0) is 6.69. The summed E-state index contributed by atoms with van der Waals surface area (Å²) in [6.45, 7) is 0. The van der Waals surface area contributed by atoms with E-state index in [0.717, 1.165) is 0 Å². The van der Waals surface area contributed by atoms with Crippen LogP contribution in [0.1, 0.15) is 0 Å². The van der Waals surface area contributed by atoms with Gasteiger partial charge in [-0.1, -0.05) is 0 Å². The van der Waals surface area contributed by atoms with E-state index in [4.69, 9.17) is 4.89 Å². The third-order valence-corrected chi connectivity index (χ3v) is 1.05. The van der Waals surface area contributed by atoms with Gasteiger partial charge in [0.15, 0.2) is 0 Å². The molecule has 1 N–H and O–H groups in total. The minimum atomic E-state index is -2.56. The summed E-state index contributed by atoms with van der Waals surface area (Å²) in [5.74, 6) is 0.263. The van der Waals surface area contributed by atoms with E-state index in [1.165, 1.54) is 18.6 Å². The van der Waals surface area contributed by atoms with Gasteiger partial charge in [-0.3, -0.25) is 0 Å². The van der Waals surface area contributed by atoms with E-state index in [1.54, 1.807) is 0 Å². The molecule has 1 rings (SSSR count). The monoisotopic (exact) mass is 147 g/mol. The smallest absolute Gasteiger partial charge is 0.468 e. The predicted octanol–water partition coefficient (Wildman–Crippen LogP) is 1.31. The van der Waals surface area contributed by atoms with Gasteiger partial charge in [-0.15, -0.1) is 4.89 Å². The Morgan fingerprint density at radius 1 is 1.78 bits per heavy atom. The molecule has 0 saturated carbocycles. The molecule has 0 radical (unpaired) electrons. The second kappa shape index (κ2) is 2.62. The van der Waals surface area contributed by atoms with E-state index in [1.807, 2.05) is 0 Å². The number of hydrogen-bond acceptors (Lipinski definition) is 3. The molecule has 0 fully saturated rings. The lowest BCUT2D eigenvalue weighted by molar-refractivity contribution is 0.407.